The summed E-state index contributed by atoms with van der Waals surface area (Å²) in [6, 6.07) is 18.5. The molecule has 6 nitrogen and oxygen atoms in total. The topological polar surface area (TPSA) is 67.9 Å². The number of amides is 2. The van der Waals surface area contributed by atoms with Gasteiger partial charge in [0.15, 0.2) is 16.6 Å². The molecule has 0 aliphatic carbocycles. The van der Waals surface area contributed by atoms with E-state index in [4.69, 9.17) is 21.7 Å². The van der Waals surface area contributed by atoms with Crippen molar-refractivity contribution < 1.29 is 23.5 Å². The van der Waals surface area contributed by atoms with Gasteiger partial charge in [0.1, 0.15) is 18.0 Å². The molecule has 1 fully saturated rings. The molecule has 1 aliphatic heterocycles. The third-order valence-corrected chi connectivity index (χ3v) is 6.12. The highest BCUT2D eigenvalue weighted by Crippen LogP contribution is 2.36. The molecule has 35 heavy (non-hydrogen) atoms. The van der Waals surface area contributed by atoms with E-state index in [0.29, 0.717) is 38.5 Å². The average Bonchev–Trinajstić information content (AvgIpc) is 2.82. The number of hydrogen-bond donors (Lipinski definition) is 1. The first-order valence-electron chi connectivity index (χ1n) is 10.7. The van der Waals surface area contributed by atoms with Crippen molar-refractivity contribution in [3.8, 4) is 11.5 Å². The maximum atomic E-state index is 13.5. The van der Waals surface area contributed by atoms with Crippen molar-refractivity contribution in [2.24, 2.45) is 0 Å². The predicted octanol–water partition coefficient (Wildman–Crippen LogP) is 5.24. The molecule has 178 valence electrons. The Bertz CT molecular complexity index is 1330. The minimum Gasteiger partial charge on any atom is -0.490 e. The van der Waals surface area contributed by atoms with Gasteiger partial charge < -0.3 is 9.47 Å². The number of carbonyl (C=O) groups is 2. The summed E-state index contributed by atoms with van der Waals surface area (Å²) >= 11 is 7.33. The number of halogens is 2. The molecule has 3 aromatic rings. The summed E-state index contributed by atoms with van der Waals surface area (Å²) in [5, 5.41) is 2.60. The number of benzene rings is 3. The van der Waals surface area contributed by atoms with Gasteiger partial charge in [-0.1, -0.05) is 30.3 Å². The molecule has 0 aromatic heterocycles. The molecule has 0 atom stereocenters. The Morgan fingerprint density at radius 1 is 1.06 bits per heavy atom. The molecule has 1 heterocycles. The molecule has 0 radical (unpaired) electrons. The summed E-state index contributed by atoms with van der Waals surface area (Å²) in [5.41, 5.74) is 1.75. The monoisotopic (exact) mass is 602 g/mol. The first-order chi connectivity index (χ1) is 16.9. The Morgan fingerprint density at radius 2 is 1.83 bits per heavy atom. The molecule has 1 N–H and O–H groups in total. The SMILES string of the molecule is CCOc1cc(/C=C2/C(=O)NC(=S)N(c3ccccc3)C2=O)cc(I)c1OCc1cccc(F)c1. The van der Waals surface area contributed by atoms with E-state index in [9.17, 15) is 14.0 Å². The van der Waals surface area contributed by atoms with E-state index in [1.165, 1.54) is 23.1 Å². The standard InChI is InChI=1S/C26H20FIN2O4S/c1-2-33-22-14-17(13-21(28)23(22)34-15-16-7-6-8-18(27)11-16)12-20-24(31)29-26(35)30(25(20)32)19-9-4-3-5-10-19/h3-14H,2,15H2,1H3,(H,29,31,35)/b20-12-. The number of nitrogens with zero attached hydrogens (tertiary/aromatic N) is 1. The second-order valence-electron chi connectivity index (χ2n) is 7.47. The minimum atomic E-state index is -0.577. The van der Waals surface area contributed by atoms with Crippen LogP contribution in [0.2, 0.25) is 0 Å². The lowest BCUT2D eigenvalue weighted by molar-refractivity contribution is -0.122. The number of ether oxygens (including phenoxy) is 2. The van der Waals surface area contributed by atoms with Gasteiger partial charge >= 0.3 is 0 Å². The highest BCUT2D eigenvalue weighted by atomic mass is 127. The number of nitrogens with one attached hydrogen (secondary N) is 1. The first-order valence-corrected chi connectivity index (χ1v) is 12.2. The van der Waals surface area contributed by atoms with Crippen LogP contribution in [0.15, 0.2) is 72.3 Å². The number of hydrogen-bond acceptors (Lipinski definition) is 5. The van der Waals surface area contributed by atoms with Crippen LogP contribution in [0.5, 0.6) is 11.5 Å². The minimum absolute atomic E-state index is 0.0223. The van der Waals surface area contributed by atoms with Gasteiger partial charge in [-0.05, 0) is 95.3 Å². The van der Waals surface area contributed by atoms with E-state index in [2.05, 4.69) is 27.9 Å². The molecule has 0 unspecified atom stereocenters. The van der Waals surface area contributed by atoms with Gasteiger partial charge in [-0.15, -0.1) is 0 Å². The third-order valence-electron chi connectivity index (χ3n) is 5.03. The Balaban J connectivity index is 1.66. The van der Waals surface area contributed by atoms with Crippen LogP contribution in [0.4, 0.5) is 10.1 Å². The smallest absolute Gasteiger partial charge is 0.270 e. The van der Waals surface area contributed by atoms with Crippen molar-refractivity contribution >= 4 is 63.5 Å². The van der Waals surface area contributed by atoms with E-state index >= 15 is 0 Å². The van der Waals surface area contributed by atoms with Crippen LogP contribution < -0.4 is 19.7 Å². The number of rotatable bonds is 7. The van der Waals surface area contributed by atoms with Crippen molar-refractivity contribution in [1.82, 2.24) is 5.32 Å². The Kier molecular flexibility index (Phi) is 7.76. The highest BCUT2D eigenvalue weighted by Gasteiger charge is 2.34. The quantitative estimate of drug-likeness (QED) is 0.174. The van der Waals surface area contributed by atoms with Crippen molar-refractivity contribution in [3.63, 3.8) is 0 Å². The molecular formula is C26H20FIN2O4S. The van der Waals surface area contributed by atoms with Crippen LogP contribution in [0, 0.1) is 9.39 Å². The van der Waals surface area contributed by atoms with Gasteiger partial charge in [0.25, 0.3) is 11.8 Å². The number of para-hydroxylation sites is 1. The van der Waals surface area contributed by atoms with Gasteiger partial charge in [-0.2, -0.15) is 0 Å². The fourth-order valence-corrected chi connectivity index (χ4v) is 4.55. The Morgan fingerprint density at radius 3 is 2.54 bits per heavy atom. The molecule has 9 heteroatoms. The van der Waals surface area contributed by atoms with Crippen LogP contribution in [0.1, 0.15) is 18.1 Å². The van der Waals surface area contributed by atoms with Gasteiger partial charge in [0.2, 0.25) is 0 Å². The van der Waals surface area contributed by atoms with Gasteiger partial charge in [-0.3, -0.25) is 19.8 Å². The van der Waals surface area contributed by atoms with Crippen LogP contribution in [0.25, 0.3) is 6.08 Å². The maximum Gasteiger partial charge on any atom is 0.270 e. The average molecular weight is 602 g/mol. The van der Waals surface area contributed by atoms with Crippen LogP contribution >= 0.6 is 34.8 Å². The second-order valence-corrected chi connectivity index (χ2v) is 9.02. The fraction of sp³-hybridized carbons (Fsp3) is 0.115. The van der Waals surface area contributed by atoms with Gasteiger partial charge in [0, 0.05) is 0 Å². The summed E-state index contributed by atoms with van der Waals surface area (Å²) in [7, 11) is 0. The zero-order chi connectivity index (χ0) is 24.9. The lowest BCUT2D eigenvalue weighted by Crippen LogP contribution is -2.54. The van der Waals surface area contributed by atoms with E-state index in [1.807, 2.05) is 13.0 Å². The molecular weight excluding hydrogens is 582 g/mol. The molecule has 4 rings (SSSR count). The molecule has 1 saturated heterocycles. The van der Waals surface area contributed by atoms with Crippen molar-refractivity contribution in [2.45, 2.75) is 13.5 Å². The highest BCUT2D eigenvalue weighted by molar-refractivity contribution is 14.1. The Labute approximate surface area is 220 Å². The van der Waals surface area contributed by atoms with Gasteiger partial charge in [-0.25, -0.2) is 4.39 Å². The van der Waals surface area contributed by atoms with Crippen molar-refractivity contribution in [3.05, 3.63) is 92.8 Å². The van der Waals surface area contributed by atoms with E-state index in [1.54, 1.807) is 48.5 Å². The van der Waals surface area contributed by atoms with Crippen LogP contribution in [-0.4, -0.2) is 23.5 Å². The zero-order valence-electron chi connectivity index (χ0n) is 18.6. The largest absolute Gasteiger partial charge is 0.490 e. The first kappa shape index (κ1) is 24.8. The summed E-state index contributed by atoms with van der Waals surface area (Å²) in [6.07, 6.45) is 1.50. The van der Waals surface area contributed by atoms with E-state index in [0.717, 1.165) is 0 Å². The third kappa shape index (κ3) is 5.68. The lowest BCUT2D eigenvalue weighted by atomic mass is 10.1. The molecule has 3 aromatic carbocycles. The lowest BCUT2D eigenvalue weighted by Gasteiger charge is -2.28. The zero-order valence-corrected chi connectivity index (χ0v) is 21.6. The summed E-state index contributed by atoms with van der Waals surface area (Å²) in [4.78, 5) is 27.1. The van der Waals surface area contributed by atoms with E-state index in [-0.39, 0.29) is 23.1 Å². The fourth-order valence-electron chi connectivity index (χ4n) is 3.49. The van der Waals surface area contributed by atoms with Crippen molar-refractivity contribution in [2.75, 3.05) is 11.5 Å². The summed E-state index contributed by atoms with van der Waals surface area (Å²) in [6.45, 7) is 2.37. The van der Waals surface area contributed by atoms with Crippen LogP contribution in [0.3, 0.4) is 0 Å². The van der Waals surface area contributed by atoms with E-state index < -0.39 is 11.8 Å². The van der Waals surface area contributed by atoms with Crippen LogP contribution in [-0.2, 0) is 16.2 Å². The molecule has 0 bridgehead atoms. The summed E-state index contributed by atoms with van der Waals surface area (Å²) in [5.74, 6) is -0.504. The normalized spacial score (nSPS) is 14.8. The summed E-state index contributed by atoms with van der Waals surface area (Å²) < 4.78 is 25.9. The molecule has 1 aliphatic rings. The second kappa shape index (κ2) is 11.0. The van der Waals surface area contributed by atoms with Gasteiger partial charge in [0.05, 0.1) is 15.9 Å². The molecule has 0 saturated carbocycles. The number of anilines is 1. The molecule has 2 amide bonds. The number of thiocarbonyl (C=S) groups is 1. The molecule has 0 spiro atoms. The van der Waals surface area contributed by atoms with Crippen molar-refractivity contribution in [1.29, 1.82) is 0 Å². The Hall–Kier alpha value is -3.31. The number of carbonyl (C=O) groups excluding carboxylic acids is 2. The maximum absolute atomic E-state index is 13.5. The predicted molar refractivity (Wildman–Crippen MR) is 144 cm³/mol.